The predicted octanol–water partition coefficient (Wildman–Crippen LogP) is 5.25. The zero-order valence-corrected chi connectivity index (χ0v) is 23.8. The van der Waals surface area contributed by atoms with E-state index in [0.29, 0.717) is 41.7 Å². The quantitative estimate of drug-likeness (QED) is 0.397. The molecule has 0 aromatic carbocycles. The van der Waals surface area contributed by atoms with Gasteiger partial charge < -0.3 is 14.7 Å². The van der Waals surface area contributed by atoms with Gasteiger partial charge in [0.2, 0.25) is 0 Å². The smallest absolute Gasteiger partial charge is 0.316 e. The summed E-state index contributed by atoms with van der Waals surface area (Å²) in [6, 6.07) is 1.31. The van der Waals surface area contributed by atoms with Gasteiger partial charge in [-0.25, -0.2) is 0 Å². The van der Waals surface area contributed by atoms with Crippen LogP contribution < -0.4 is 0 Å². The fourth-order valence-electron chi connectivity index (χ4n) is 9.38. The van der Waals surface area contributed by atoms with Gasteiger partial charge in [-0.05, 0) is 75.7 Å². The average molecular weight is 518 g/mol. The van der Waals surface area contributed by atoms with E-state index in [1.807, 2.05) is 6.08 Å². The maximum Gasteiger partial charge on any atom is 0.316 e. The lowest BCUT2D eigenvalue weighted by atomic mass is 9.44. The number of Topliss-reactive ketones (excluding diaryl/α,β-unsaturated/α-hetero) is 1. The molecule has 36 heavy (non-hydrogen) atoms. The number of aliphatic hydroxyl groups is 1. The van der Waals surface area contributed by atoms with Crippen molar-refractivity contribution in [2.45, 2.75) is 115 Å². The van der Waals surface area contributed by atoms with Crippen LogP contribution in [-0.2, 0) is 14.3 Å². The van der Waals surface area contributed by atoms with Gasteiger partial charge in [0.05, 0.1) is 11.9 Å². The summed E-state index contributed by atoms with van der Waals surface area (Å²) in [5.41, 5.74) is -1.24. The summed E-state index contributed by atoms with van der Waals surface area (Å²) < 4.78 is 6.42. The minimum atomic E-state index is -0.619. The van der Waals surface area contributed by atoms with Gasteiger partial charge in [0, 0.05) is 40.5 Å². The number of ketones is 1. The third-order valence-corrected chi connectivity index (χ3v) is 13.3. The van der Waals surface area contributed by atoms with Crippen LogP contribution in [-0.4, -0.2) is 64.1 Å². The van der Waals surface area contributed by atoms with E-state index in [-0.39, 0.29) is 29.1 Å². The molecule has 2 saturated heterocycles. The number of nitrogens with zero attached hydrogens (tertiary/aromatic N) is 1. The van der Waals surface area contributed by atoms with Crippen molar-refractivity contribution in [3.05, 3.63) is 12.7 Å². The Bertz CT molecular complexity index is 895. The van der Waals surface area contributed by atoms with Crippen LogP contribution in [0.1, 0.15) is 85.5 Å². The van der Waals surface area contributed by atoms with E-state index in [1.165, 1.54) is 12.8 Å². The third-order valence-electron chi connectivity index (χ3n) is 12.1. The zero-order valence-electron chi connectivity index (χ0n) is 23.0. The van der Waals surface area contributed by atoms with Crippen molar-refractivity contribution in [1.82, 2.24) is 4.90 Å². The molecule has 5 nitrogen and oxygen atoms in total. The van der Waals surface area contributed by atoms with Crippen LogP contribution in [0.2, 0.25) is 0 Å². The molecule has 0 amide bonds. The number of ether oxygens (including phenoxy) is 1. The second-order valence-electron chi connectivity index (χ2n) is 13.5. The van der Waals surface area contributed by atoms with E-state index in [2.05, 4.69) is 46.2 Å². The van der Waals surface area contributed by atoms with Crippen LogP contribution in [0, 0.1) is 34.0 Å². The zero-order chi connectivity index (χ0) is 26.0. The number of esters is 1. The Balaban J connectivity index is 1.39. The minimum absolute atomic E-state index is 0.00390. The second-order valence-corrected chi connectivity index (χ2v) is 14.8. The van der Waals surface area contributed by atoms with E-state index in [0.717, 1.165) is 32.1 Å². The van der Waals surface area contributed by atoms with Crippen molar-refractivity contribution in [3.8, 4) is 0 Å². The molecule has 5 rings (SSSR count). The maximum atomic E-state index is 13.5. The molecule has 3 saturated carbocycles. The summed E-state index contributed by atoms with van der Waals surface area (Å²) in [7, 11) is 2.24. The third kappa shape index (κ3) is 3.95. The molecular weight excluding hydrogens is 470 g/mol. The number of thioether (sulfide) groups is 1. The first-order valence-electron chi connectivity index (χ1n) is 14.3. The fraction of sp³-hybridized carbons (Fsp3) is 0.867. The molecule has 6 heteroatoms. The largest absolute Gasteiger partial charge is 0.461 e. The van der Waals surface area contributed by atoms with Gasteiger partial charge in [0.1, 0.15) is 11.9 Å². The number of hydrogen-bond donors (Lipinski definition) is 1. The summed E-state index contributed by atoms with van der Waals surface area (Å²) >= 11 is 1.76. The van der Waals surface area contributed by atoms with Gasteiger partial charge in [0.15, 0.2) is 0 Å². The molecule has 0 radical (unpaired) electrons. The molecule has 0 aromatic rings. The molecule has 11 atom stereocenters. The Morgan fingerprint density at radius 3 is 2.50 bits per heavy atom. The molecule has 5 fully saturated rings. The van der Waals surface area contributed by atoms with Gasteiger partial charge >= 0.3 is 5.97 Å². The van der Waals surface area contributed by atoms with Crippen molar-refractivity contribution < 1.29 is 19.4 Å². The van der Waals surface area contributed by atoms with Crippen LogP contribution in [0.3, 0.4) is 0 Å². The van der Waals surface area contributed by atoms with Crippen molar-refractivity contribution in [2.24, 2.45) is 34.0 Å². The van der Waals surface area contributed by atoms with Gasteiger partial charge in [-0.3, -0.25) is 9.59 Å². The first-order valence-corrected chi connectivity index (χ1v) is 15.4. The average Bonchev–Trinajstić information content (AvgIpc) is 3.28. The number of carbonyl (C=O) groups excluding carboxylic acids is 2. The van der Waals surface area contributed by atoms with Crippen LogP contribution in [0.25, 0.3) is 0 Å². The number of rotatable bonds is 5. The maximum absolute atomic E-state index is 13.5. The lowest BCUT2D eigenvalue weighted by Gasteiger charge is -2.61. The van der Waals surface area contributed by atoms with Crippen LogP contribution >= 0.6 is 11.8 Å². The van der Waals surface area contributed by atoms with Gasteiger partial charge in [0.25, 0.3) is 0 Å². The predicted molar refractivity (Wildman–Crippen MR) is 145 cm³/mol. The molecule has 0 unspecified atom stereocenters. The summed E-state index contributed by atoms with van der Waals surface area (Å²) in [4.78, 5) is 29.4. The van der Waals surface area contributed by atoms with Gasteiger partial charge in [-0.15, -0.1) is 18.3 Å². The molecule has 1 N–H and O–H groups in total. The lowest BCUT2D eigenvalue weighted by molar-refractivity contribution is -0.205. The van der Waals surface area contributed by atoms with Crippen molar-refractivity contribution in [3.63, 3.8) is 0 Å². The molecule has 4 bridgehead atoms. The Labute approximate surface area is 222 Å². The molecule has 0 aromatic heterocycles. The van der Waals surface area contributed by atoms with E-state index < -0.39 is 23.0 Å². The SMILES string of the molecule is C=C[C@]1(C)C[C@@H](OC(=O)CS[C@@H]2C[C@H]3CC[C@@H](C2)N3C)[C@]2(C)[C@H](C)CC[C@]3(CCC(=O)[C@H]32)[C@@H](C)[C@@H]1O. The van der Waals surface area contributed by atoms with Crippen LogP contribution in [0.5, 0.6) is 0 Å². The Morgan fingerprint density at radius 2 is 1.86 bits per heavy atom. The molecule has 2 heterocycles. The fourth-order valence-corrected chi connectivity index (χ4v) is 10.5. The molecule has 202 valence electrons. The van der Waals surface area contributed by atoms with Crippen LogP contribution in [0.15, 0.2) is 12.7 Å². The number of fused-ring (bicyclic) bond motifs is 2. The van der Waals surface area contributed by atoms with E-state index in [4.69, 9.17) is 4.74 Å². The molecular formula is C30H47NO4S. The summed E-state index contributed by atoms with van der Waals surface area (Å²) in [6.45, 7) is 12.8. The summed E-state index contributed by atoms with van der Waals surface area (Å²) in [6.07, 6.45) is 9.58. The summed E-state index contributed by atoms with van der Waals surface area (Å²) in [5.74, 6) is 0.605. The van der Waals surface area contributed by atoms with E-state index in [1.54, 1.807) is 11.8 Å². The topological polar surface area (TPSA) is 66.8 Å². The number of carbonyl (C=O) groups is 2. The standard InChI is InChI=1S/C30H47NO4S/c1-7-28(4)16-24(35-25(33)17-36-22-14-20-8-9-21(15-22)31(20)6)29(5)18(2)10-12-30(19(3)27(28)34)13-11-23(32)26(29)30/h7,18-22,24,26-27,34H,1,8-17H2,2-6H3/t18-,19+,20-,21+,22-,24-,26+,27+,28-,29+,30+/m1/s1. The number of hydrogen-bond acceptors (Lipinski definition) is 6. The Kier molecular flexibility index (Phi) is 6.99. The highest BCUT2D eigenvalue weighted by atomic mass is 32.2. The Hall–Kier alpha value is -0.850. The molecule has 5 aliphatic rings. The van der Waals surface area contributed by atoms with Crippen molar-refractivity contribution in [1.29, 1.82) is 0 Å². The van der Waals surface area contributed by atoms with E-state index in [9.17, 15) is 14.7 Å². The van der Waals surface area contributed by atoms with Crippen molar-refractivity contribution >= 4 is 23.5 Å². The highest BCUT2D eigenvalue weighted by Gasteiger charge is 2.68. The molecule has 3 aliphatic carbocycles. The first kappa shape index (κ1) is 26.7. The summed E-state index contributed by atoms with van der Waals surface area (Å²) in [5, 5.41) is 12.2. The van der Waals surface area contributed by atoms with Gasteiger partial charge in [-0.2, -0.15) is 0 Å². The first-order chi connectivity index (χ1) is 17.0. The normalized spacial score (nSPS) is 50.8. The van der Waals surface area contributed by atoms with E-state index >= 15 is 0 Å². The lowest BCUT2D eigenvalue weighted by Crippen LogP contribution is -2.63. The minimum Gasteiger partial charge on any atom is -0.461 e. The second kappa shape index (κ2) is 9.41. The van der Waals surface area contributed by atoms with Crippen LogP contribution in [0.4, 0.5) is 0 Å². The van der Waals surface area contributed by atoms with Gasteiger partial charge in [-0.1, -0.05) is 33.8 Å². The number of piperidine rings is 1. The highest BCUT2D eigenvalue weighted by Crippen LogP contribution is 2.68. The Morgan fingerprint density at radius 1 is 1.19 bits per heavy atom. The molecule has 0 spiro atoms. The van der Waals surface area contributed by atoms with Crippen molar-refractivity contribution in [2.75, 3.05) is 12.8 Å². The number of aliphatic hydroxyl groups excluding tert-OH is 1. The highest BCUT2D eigenvalue weighted by molar-refractivity contribution is 8.00. The molecule has 2 aliphatic heterocycles. The monoisotopic (exact) mass is 517 g/mol.